The SMILES string of the molecule is c1ncc(-c2ccsn2)[nH]1. The van der Waals surface area contributed by atoms with Crippen molar-refractivity contribution in [1.29, 1.82) is 0 Å². The Labute approximate surface area is 61.9 Å². The summed E-state index contributed by atoms with van der Waals surface area (Å²) < 4.78 is 4.13. The fourth-order valence-corrected chi connectivity index (χ4v) is 1.27. The van der Waals surface area contributed by atoms with E-state index in [0.717, 1.165) is 11.4 Å². The normalized spacial score (nSPS) is 10.0. The average molecular weight is 151 g/mol. The number of aromatic amines is 1. The van der Waals surface area contributed by atoms with Gasteiger partial charge in [-0.15, -0.1) is 0 Å². The van der Waals surface area contributed by atoms with Crippen molar-refractivity contribution in [3.05, 3.63) is 24.0 Å². The summed E-state index contributed by atoms with van der Waals surface area (Å²) in [6.45, 7) is 0. The van der Waals surface area contributed by atoms with Gasteiger partial charge in [0.05, 0.1) is 18.2 Å². The second kappa shape index (κ2) is 2.22. The number of hydrogen-bond donors (Lipinski definition) is 1. The fraction of sp³-hybridized carbons (Fsp3) is 0. The van der Waals surface area contributed by atoms with Crippen molar-refractivity contribution in [2.45, 2.75) is 0 Å². The summed E-state index contributed by atoms with van der Waals surface area (Å²) in [6.07, 6.45) is 3.41. The van der Waals surface area contributed by atoms with Gasteiger partial charge in [-0.2, -0.15) is 4.37 Å². The van der Waals surface area contributed by atoms with E-state index >= 15 is 0 Å². The molecule has 2 heterocycles. The first-order chi connectivity index (χ1) is 4.97. The van der Waals surface area contributed by atoms with E-state index in [1.807, 2.05) is 11.4 Å². The van der Waals surface area contributed by atoms with Gasteiger partial charge in [0.15, 0.2) is 0 Å². The molecule has 0 bridgehead atoms. The first-order valence-electron chi connectivity index (χ1n) is 2.86. The number of hydrogen-bond acceptors (Lipinski definition) is 3. The maximum Gasteiger partial charge on any atom is 0.102 e. The molecule has 4 heteroatoms. The minimum Gasteiger partial charge on any atom is -0.343 e. The molecule has 1 N–H and O–H groups in total. The zero-order valence-electron chi connectivity index (χ0n) is 5.11. The molecule has 0 fully saturated rings. The Morgan fingerprint density at radius 2 is 2.50 bits per heavy atom. The minimum absolute atomic E-state index is 0.961. The number of nitrogens with zero attached hydrogens (tertiary/aromatic N) is 2. The number of aromatic nitrogens is 3. The van der Waals surface area contributed by atoms with Crippen molar-refractivity contribution in [3.8, 4) is 11.4 Å². The molecule has 0 aliphatic rings. The molecule has 0 aromatic carbocycles. The average Bonchev–Trinajstić information content (AvgIpc) is 2.59. The second-order valence-electron chi connectivity index (χ2n) is 1.85. The summed E-state index contributed by atoms with van der Waals surface area (Å²) in [5, 5.41) is 1.94. The van der Waals surface area contributed by atoms with Crippen LogP contribution in [0.25, 0.3) is 11.4 Å². The second-order valence-corrected chi connectivity index (χ2v) is 2.52. The lowest BCUT2D eigenvalue weighted by atomic mass is 10.3. The molecule has 0 amide bonds. The smallest absolute Gasteiger partial charge is 0.102 e. The van der Waals surface area contributed by atoms with Crippen LogP contribution < -0.4 is 0 Å². The van der Waals surface area contributed by atoms with Gasteiger partial charge in [-0.1, -0.05) is 0 Å². The van der Waals surface area contributed by atoms with Crippen LogP contribution in [0.1, 0.15) is 0 Å². The van der Waals surface area contributed by atoms with Gasteiger partial charge < -0.3 is 4.98 Å². The molecule has 10 heavy (non-hydrogen) atoms. The lowest BCUT2D eigenvalue weighted by Gasteiger charge is -1.83. The maximum absolute atomic E-state index is 4.13. The summed E-state index contributed by atoms with van der Waals surface area (Å²) in [5.41, 5.74) is 1.93. The summed E-state index contributed by atoms with van der Waals surface area (Å²) in [7, 11) is 0. The Morgan fingerprint density at radius 1 is 1.50 bits per heavy atom. The summed E-state index contributed by atoms with van der Waals surface area (Å²) in [4.78, 5) is 6.86. The van der Waals surface area contributed by atoms with E-state index in [-0.39, 0.29) is 0 Å². The van der Waals surface area contributed by atoms with Crippen molar-refractivity contribution in [1.82, 2.24) is 14.3 Å². The summed E-state index contributed by atoms with van der Waals surface area (Å²) >= 11 is 1.44. The third kappa shape index (κ3) is 0.823. The molecule has 0 radical (unpaired) electrons. The van der Waals surface area contributed by atoms with Crippen LogP contribution in [-0.2, 0) is 0 Å². The predicted octanol–water partition coefficient (Wildman–Crippen LogP) is 1.53. The van der Waals surface area contributed by atoms with Gasteiger partial charge in [-0.25, -0.2) is 4.98 Å². The van der Waals surface area contributed by atoms with Crippen LogP contribution in [0.15, 0.2) is 24.0 Å². The first kappa shape index (κ1) is 5.61. The summed E-state index contributed by atoms with van der Waals surface area (Å²) in [5.74, 6) is 0. The molecule has 0 unspecified atom stereocenters. The Kier molecular flexibility index (Phi) is 1.25. The van der Waals surface area contributed by atoms with Crippen LogP contribution in [0, 0.1) is 0 Å². The van der Waals surface area contributed by atoms with Crippen molar-refractivity contribution < 1.29 is 0 Å². The molecule has 3 nitrogen and oxygen atoms in total. The van der Waals surface area contributed by atoms with E-state index in [2.05, 4.69) is 14.3 Å². The summed E-state index contributed by atoms with van der Waals surface area (Å²) in [6, 6.07) is 1.96. The molecule has 50 valence electrons. The highest BCUT2D eigenvalue weighted by Gasteiger charge is 1.97. The highest BCUT2D eigenvalue weighted by atomic mass is 32.1. The largest absolute Gasteiger partial charge is 0.343 e. The van der Waals surface area contributed by atoms with Crippen molar-refractivity contribution in [2.75, 3.05) is 0 Å². The molecule has 2 aromatic rings. The van der Waals surface area contributed by atoms with E-state index in [0.29, 0.717) is 0 Å². The highest BCUT2D eigenvalue weighted by molar-refractivity contribution is 7.03. The maximum atomic E-state index is 4.13. The van der Waals surface area contributed by atoms with Crippen LogP contribution in [0.5, 0.6) is 0 Å². The van der Waals surface area contributed by atoms with Gasteiger partial charge in [0, 0.05) is 5.38 Å². The van der Waals surface area contributed by atoms with Gasteiger partial charge in [0.2, 0.25) is 0 Å². The number of rotatable bonds is 1. The Hall–Kier alpha value is -1.16. The van der Waals surface area contributed by atoms with Crippen molar-refractivity contribution in [3.63, 3.8) is 0 Å². The van der Waals surface area contributed by atoms with E-state index < -0.39 is 0 Å². The molecule has 0 saturated carbocycles. The molecule has 2 aromatic heterocycles. The number of H-pyrrole nitrogens is 1. The molecular formula is C6H5N3S. The lowest BCUT2D eigenvalue weighted by Crippen LogP contribution is -1.72. The Balaban J connectivity index is 2.48. The van der Waals surface area contributed by atoms with Crippen molar-refractivity contribution >= 4 is 11.5 Å². The first-order valence-corrected chi connectivity index (χ1v) is 3.69. The number of imidazole rings is 1. The quantitative estimate of drug-likeness (QED) is 0.671. The zero-order chi connectivity index (χ0) is 6.81. The van der Waals surface area contributed by atoms with Crippen LogP contribution in [0.2, 0.25) is 0 Å². The number of nitrogens with one attached hydrogen (secondary N) is 1. The van der Waals surface area contributed by atoms with Gasteiger partial charge in [-0.3, -0.25) is 0 Å². The molecular weight excluding hydrogens is 146 g/mol. The van der Waals surface area contributed by atoms with E-state index in [4.69, 9.17) is 0 Å². The van der Waals surface area contributed by atoms with E-state index in [1.165, 1.54) is 11.5 Å². The van der Waals surface area contributed by atoms with E-state index in [9.17, 15) is 0 Å². The molecule has 0 spiro atoms. The topological polar surface area (TPSA) is 41.6 Å². The van der Waals surface area contributed by atoms with Crippen LogP contribution in [-0.4, -0.2) is 14.3 Å². The van der Waals surface area contributed by atoms with Crippen LogP contribution in [0.4, 0.5) is 0 Å². The molecule has 0 aliphatic heterocycles. The molecule has 0 atom stereocenters. The fourth-order valence-electron chi connectivity index (χ4n) is 0.747. The minimum atomic E-state index is 0.961. The van der Waals surface area contributed by atoms with Crippen LogP contribution >= 0.6 is 11.5 Å². The predicted molar refractivity (Wildman–Crippen MR) is 39.7 cm³/mol. The third-order valence-electron chi connectivity index (χ3n) is 1.21. The molecule has 2 rings (SSSR count). The van der Waals surface area contributed by atoms with E-state index in [1.54, 1.807) is 12.5 Å². The van der Waals surface area contributed by atoms with Gasteiger partial charge in [0.25, 0.3) is 0 Å². The molecule has 0 saturated heterocycles. The zero-order valence-corrected chi connectivity index (χ0v) is 5.93. The highest BCUT2D eigenvalue weighted by Crippen LogP contribution is 2.13. The Morgan fingerprint density at radius 3 is 3.10 bits per heavy atom. The molecule has 0 aliphatic carbocycles. The van der Waals surface area contributed by atoms with Gasteiger partial charge >= 0.3 is 0 Å². The lowest BCUT2D eigenvalue weighted by molar-refractivity contribution is 1.31. The monoisotopic (exact) mass is 151 g/mol. The Bertz CT molecular complexity index is 252. The van der Waals surface area contributed by atoms with Crippen LogP contribution in [0.3, 0.4) is 0 Å². The third-order valence-corrected chi connectivity index (χ3v) is 1.77. The standard InChI is InChI=1S/C6H5N3S/c1-2-10-9-5(1)6-3-7-4-8-6/h1-4H,(H,7,8). The van der Waals surface area contributed by atoms with Gasteiger partial charge in [-0.05, 0) is 17.6 Å². The van der Waals surface area contributed by atoms with Crippen molar-refractivity contribution in [2.24, 2.45) is 0 Å². The van der Waals surface area contributed by atoms with Gasteiger partial charge in [0.1, 0.15) is 5.69 Å².